The maximum Gasteiger partial charge on any atom is 0.0859 e. The van der Waals surface area contributed by atoms with E-state index in [2.05, 4.69) is 51.8 Å². The number of benzene rings is 1. The highest BCUT2D eigenvalue weighted by Gasteiger charge is 1.99. The molecule has 0 radical (unpaired) electrons. The van der Waals surface area contributed by atoms with E-state index in [-0.39, 0.29) is 0 Å². The summed E-state index contributed by atoms with van der Waals surface area (Å²) in [6, 6.07) is 6.14. The number of hydrogen-bond acceptors (Lipinski definition) is 2. The molecule has 1 aromatic heterocycles. The molecule has 3 nitrogen and oxygen atoms in total. The standard InChI is InChI=1S/C9H8IN3/c1-7-6-8(2-3-9(7)10)13-11-4-5-12-13/h2-6H,1H3. The molecule has 0 aliphatic rings. The molecule has 2 aromatic rings. The fourth-order valence-corrected chi connectivity index (χ4v) is 1.44. The van der Waals surface area contributed by atoms with Gasteiger partial charge in [0, 0.05) is 3.57 Å². The van der Waals surface area contributed by atoms with E-state index in [0.29, 0.717) is 0 Å². The summed E-state index contributed by atoms with van der Waals surface area (Å²) in [5.41, 5.74) is 2.25. The minimum atomic E-state index is 1.00. The van der Waals surface area contributed by atoms with Gasteiger partial charge in [0.25, 0.3) is 0 Å². The zero-order valence-corrected chi connectivity index (χ0v) is 9.26. The number of aromatic nitrogens is 3. The first-order valence-electron chi connectivity index (χ1n) is 3.90. The van der Waals surface area contributed by atoms with Crippen LogP contribution in [0.3, 0.4) is 0 Å². The SMILES string of the molecule is Cc1cc(-n2nccn2)ccc1I. The van der Waals surface area contributed by atoms with Gasteiger partial charge in [0.15, 0.2) is 0 Å². The van der Waals surface area contributed by atoms with Crippen molar-refractivity contribution in [3.63, 3.8) is 0 Å². The van der Waals surface area contributed by atoms with Gasteiger partial charge in [0.05, 0.1) is 18.1 Å². The summed E-state index contributed by atoms with van der Waals surface area (Å²) >= 11 is 2.31. The predicted molar refractivity (Wildman–Crippen MR) is 58.8 cm³/mol. The van der Waals surface area contributed by atoms with Crippen LogP contribution in [-0.2, 0) is 0 Å². The quantitative estimate of drug-likeness (QED) is 0.752. The summed E-state index contributed by atoms with van der Waals surface area (Å²) in [5, 5.41) is 8.12. The fourth-order valence-electron chi connectivity index (χ4n) is 1.10. The van der Waals surface area contributed by atoms with Crippen molar-refractivity contribution in [2.45, 2.75) is 6.92 Å². The van der Waals surface area contributed by atoms with Crippen LogP contribution in [0.5, 0.6) is 0 Å². The molecule has 2 rings (SSSR count). The van der Waals surface area contributed by atoms with Crippen LogP contribution < -0.4 is 0 Å². The predicted octanol–water partition coefficient (Wildman–Crippen LogP) is 2.18. The van der Waals surface area contributed by atoms with Crippen molar-refractivity contribution < 1.29 is 0 Å². The number of nitrogens with zero attached hydrogens (tertiary/aromatic N) is 3. The summed E-state index contributed by atoms with van der Waals surface area (Å²) in [6.45, 7) is 2.08. The molecular formula is C9H8IN3. The van der Waals surface area contributed by atoms with Crippen LogP contribution in [-0.4, -0.2) is 15.0 Å². The number of aryl methyl sites for hydroxylation is 1. The van der Waals surface area contributed by atoms with Crippen molar-refractivity contribution in [2.24, 2.45) is 0 Å². The minimum absolute atomic E-state index is 1.00. The third-order valence-corrected chi connectivity index (χ3v) is 3.00. The smallest absolute Gasteiger partial charge is 0.0859 e. The third kappa shape index (κ3) is 1.72. The van der Waals surface area contributed by atoms with E-state index in [1.165, 1.54) is 9.13 Å². The molecule has 0 spiro atoms. The highest BCUT2D eigenvalue weighted by Crippen LogP contribution is 2.14. The first kappa shape index (κ1) is 8.68. The van der Waals surface area contributed by atoms with E-state index in [1.807, 2.05) is 6.07 Å². The number of rotatable bonds is 1. The molecule has 0 fully saturated rings. The molecule has 0 N–H and O–H groups in total. The van der Waals surface area contributed by atoms with Crippen LogP contribution in [0.2, 0.25) is 0 Å². The number of halogens is 1. The molecule has 0 aliphatic heterocycles. The summed E-state index contributed by atoms with van der Waals surface area (Å²) < 4.78 is 1.26. The van der Waals surface area contributed by atoms with Crippen LogP contribution in [0.4, 0.5) is 0 Å². The molecule has 0 atom stereocenters. The van der Waals surface area contributed by atoms with E-state index in [1.54, 1.807) is 17.2 Å². The van der Waals surface area contributed by atoms with Gasteiger partial charge in [-0.2, -0.15) is 15.0 Å². The van der Waals surface area contributed by atoms with Gasteiger partial charge in [0.2, 0.25) is 0 Å². The fraction of sp³-hybridized carbons (Fsp3) is 0.111. The van der Waals surface area contributed by atoms with Gasteiger partial charge < -0.3 is 0 Å². The Hall–Kier alpha value is -0.910. The van der Waals surface area contributed by atoms with Gasteiger partial charge in [-0.1, -0.05) is 0 Å². The van der Waals surface area contributed by atoms with Crippen molar-refractivity contribution in [2.75, 3.05) is 0 Å². The Bertz CT molecular complexity index is 409. The Kier molecular flexibility index (Phi) is 2.30. The lowest BCUT2D eigenvalue weighted by Crippen LogP contribution is -1.98. The minimum Gasteiger partial charge on any atom is -0.157 e. The van der Waals surface area contributed by atoms with E-state index >= 15 is 0 Å². The van der Waals surface area contributed by atoms with Crippen molar-refractivity contribution in [1.29, 1.82) is 0 Å². The molecule has 0 bridgehead atoms. The van der Waals surface area contributed by atoms with Crippen LogP contribution >= 0.6 is 22.6 Å². The molecule has 0 aliphatic carbocycles. The molecule has 1 heterocycles. The average Bonchev–Trinajstić information content (AvgIpc) is 2.62. The van der Waals surface area contributed by atoms with Crippen LogP contribution in [0.25, 0.3) is 5.69 Å². The van der Waals surface area contributed by atoms with E-state index < -0.39 is 0 Å². The van der Waals surface area contributed by atoms with Gasteiger partial charge >= 0.3 is 0 Å². The summed E-state index contributed by atoms with van der Waals surface area (Å²) in [5.74, 6) is 0. The van der Waals surface area contributed by atoms with Gasteiger partial charge in [-0.05, 0) is 53.3 Å². The molecule has 0 saturated heterocycles. The van der Waals surface area contributed by atoms with Gasteiger partial charge in [0.1, 0.15) is 0 Å². The molecule has 4 heteroatoms. The average molecular weight is 285 g/mol. The largest absolute Gasteiger partial charge is 0.157 e. The lowest BCUT2D eigenvalue weighted by molar-refractivity contribution is 0.751. The molecule has 66 valence electrons. The molecular weight excluding hydrogens is 277 g/mol. The molecule has 0 saturated carbocycles. The Labute approximate surface area is 89.9 Å². The molecule has 0 unspecified atom stereocenters. The Balaban J connectivity index is 2.49. The van der Waals surface area contributed by atoms with Crippen molar-refractivity contribution in [3.8, 4) is 5.69 Å². The van der Waals surface area contributed by atoms with E-state index in [9.17, 15) is 0 Å². The Morgan fingerprint density at radius 2 is 1.92 bits per heavy atom. The van der Waals surface area contributed by atoms with Gasteiger partial charge in [-0.25, -0.2) is 0 Å². The van der Waals surface area contributed by atoms with Crippen LogP contribution in [0.1, 0.15) is 5.56 Å². The zero-order chi connectivity index (χ0) is 9.26. The molecule has 13 heavy (non-hydrogen) atoms. The van der Waals surface area contributed by atoms with Crippen LogP contribution in [0.15, 0.2) is 30.6 Å². The first-order valence-corrected chi connectivity index (χ1v) is 4.98. The third-order valence-electron chi connectivity index (χ3n) is 1.79. The maximum absolute atomic E-state index is 4.06. The summed E-state index contributed by atoms with van der Waals surface area (Å²) in [4.78, 5) is 1.61. The lowest BCUT2D eigenvalue weighted by atomic mass is 10.2. The maximum atomic E-state index is 4.06. The zero-order valence-electron chi connectivity index (χ0n) is 7.11. The van der Waals surface area contributed by atoms with Crippen molar-refractivity contribution in [1.82, 2.24) is 15.0 Å². The van der Waals surface area contributed by atoms with E-state index in [4.69, 9.17) is 0 Å². The Morgan fingerprint density at radius 1 is 1.23 bits per heavy atom. The normalized spacial score (nSPS) is 10.3. The summed E-state index contributed by atoms with van der Waals surface area (Å²) in [7, 11) is 0. The lowest BCUT2D eigenvalue weighted by Gasteiger charge is -2.02. The summed E-state index contributed by atoms with van der Waals surface area (Å²) in [6.07, 6.45) is 3.35. The van der Waals surface area contributed by atoms with E-state index in [0.717, 1.165) is 5.69 Å². The second-order valence-electron chi connectivity index (χ2n) is 2.75. The molecule has 0 amide bonds. The second kappa shape index (κ2) is 3.45. The topological polar surface area (TPSA) is 30.7 Å². The second-order valence-corrected chi connectivity index (χ2v) is 3.91. The first-order chi connectivity index (χ1) is 6.27. The highest BCUT2D eigenvalue weighted by molar-refractivity contribution is 14.1. The number of hydrogen-bond donors (Lipinski definition) is 0. The van der Waals surface area contributed by atoms with Crippen molar-refractivity contribution >= 4 is 22.6 Å². The van der Waals surface area contributed by atoms with Gasteiger partial charge in [-0.15, -0.1) is 0 Å². The molecule has 1 aromatic carbocycles. The monoisotopic (exact) mass is 285 g/mol. The van der Waals surface area contributed by atoms with Crippen LogP contribution in [0, 0.1) is 10.5 Å². The van der Waals surface area contributed by atoms with Crippen molar-refractivity contribution in [3.05, 3.63) is 39.7 Å². The highest BCUT2D eigenvalue weighted by atomic mass is 127. The Morgan fingerprint density at radius 3 is 2.54 bits per heavy atom. The van der Waals surface area contributed by atoms with Gasteiger partial charge in [-0.3, -0.25) is 0 Å².